The topological polar surface area (TPSA) is 76.1 Å². The predicted octanol–water partition coefficient (Wildman–Crippen LogP) is 4.33. The van der Waals surface area contributed by atoms with Crippen molar-refractivity contribution < 1.29 is 13.2 Å². The Labute approximate surface area is 178 Å². The molecular formula is C22H31ClN2O3S. The van der Waals surface area contributed by atoms with E-state index in [0.717, 1.165) is 56.6 Å². The van der Waals surface area contributed by atoms with Gasteiger partial charge in [-0.15, -0.1) is 0 Å². The van der Waals surface area contributed by atoms with E-state index in [1.54, 1.807) is 12.1 Å². The lowest BCUT2D eigenvalue weighted by Crippen LogP contribution is -2.43. The van der Waals surface area contributed by atoms with Crippen molar-refractivity contribution in [2.75, 3.05) is 12.3 Å². The molecule has 0 bridgehead atoms. The average molecular weight is 439 g/mol. The zero-order valence-electron chi connectivity index (χ0n) is 17.1. The molecule has 1 aromatic heterocycles. The predicted molar refractivity (Wildman–Crippen MR) is 115 cm³/mol. The second-order valence-corrected chi connectivity index (χ2v) is 12.3. The number of hydrogen-bond acceptors (Lipinski definition) is 4. The van der Waals surface area contributed by atoms with Gasteiger partial charge in [0, 0.05) is 12.2 Å². The molecule has 1 amide bonds. The Balaban J connectivity index is 1.39. The third kappa shape index (κ3) is 5.32. The summed E-state index contributed by atoms with van der Waals surface area (Å²) in [6, 6.07) is 3.51. The van der Waals surface area contributed by atoms with Crippen LogP contribution >= 0.6 is 11.6 Å². The summed E-state index contributed by atoms with van der Waals surface area (Å²) in [5.74, 6) is 1.32. The molecule has 7 heteroatoms. The van der Waals surface area contributed by atoms with Gasteiger partial charge >= 0.3 is 0 Å². The highest BCUT2D eigenvalue weighted by molar-refractivity contribution is 7.92. The SMILES string of the molecule is Cc1ccc(C(=O)NCC2(CC3CC3)CCC(S(=O)(=O)CC3CC3)CC2)c(Cl)n1. The van der Waals surface area contributed by atoms with Gasteiger partial charge in [0.1, 0.15) is 5.15 Å². The zero-order valence-corrected chi connectivity index (χ0v) is 18.7. The Morgan fingerprint density at radius 1 is 1.14 bits per heavy atom. The second-order valence-electron chi connectivity index (χ2n) is 9.59. The van der Waals surface area contributed by atoms with Gasteiger partial charge in [-0.25, -0.2) is 13.4 Å². The summed E-state index contributed by atoms with van der Waals surface area (Å²) in [4.78, 5) is 16.9. The molecule has 3 fully saturated rings. The number of amides is 1. The summed E-state index contributed by atoms with van der Waals surface area (Å²) in [7, 11) is -2.98. The molecule has 0 saturated heterocycles. The van der Waals surface area contributed by atoms with Crippen LogP contribution < -0.4 is 5.32 Å². The highest BCUT2D eigenvalue weighted by Gasteiger charge is 2.43. The lowest BCUT2D eigenvalue weighted by atomic mass is 9.70. The number of pyridine rings is 1. The van der Waals surface area contributed by atoms with E-state index in [1.165, 1.54) is 12.8 Å². The average Bonchev–Trinajstić information content (AvgIpc) is 3.58. The molecule has 3 aliphatic carbocycles. The van der Waals surface area contributed by atoms with E-state index >= 15 is 0 Å². The molecule has 0 unspecified atom stereocenters. The number of sulfone groups is 1. The fourth-order valence-electron chi connectivity index (χ4n) is 4.76. The third-order valence-electron chi connectivity index (χ3n) is 6.94. The molecule has 1 N–H and O–H groups in total. The maximum absolute atomic E-state index is 12.7. The minimum Gasteiger partial charge on any atom is -0.351 e. The quantitative estimate of drug-likeness (QED) is 0.613. The van der Waals surface area contributed by atoms with Crippen molar-refractivity contribution in [2.45, 2.75) is 70.0 Å². The van der Waals surface area contributed by atoms with Gasteiger partial charge in [0.25, 0.3) is 5.91 Å². The Bertz CT molecular complexity index is 870. The molecule has 0 spiro atoms. The van der Waals surface area contributed by atoms with E-state index in [0.29, 0.717) is 23.8 Å². The minimum absolute atomic E-state index is 0.00697. The third-order valence-corrected chi connectivity index (χ3v) is 9.65. The van der Waals surface area contributed by atoms with Gasteiger partial charge in [0.15, 0.2) is 9.84 Å². The van der Waals surface area contributed by atoms with Crippen LogP contribution in [0.1, 0.15) is 73.8 Å². The van der Waals surface area contributed by atoms with Crippen molar-refractivity contribution in [3.63, 3.8) is 0 Å². The lowest BCUT2D eigenvalue weighted by Gasteiger charge is -2.40. The number of carbonyl (C=O) groups is 1. The van der Waals surface area contributed by atoms with Gasteiger partial charge < -0.3 is 5.32 Å². The van der Waals surface area contributed by atoms with Crippen molar-refractivity contribution in [1.82, 2.24) is 10.3 Å². The highest BCUT2D eigenvalue weighted by Crippen LogP contribution is 2.48. The molecule has 0 aliphatic heterocycles. The van der Waals surface area contributed by atoms with Crippen molar-refractivity contribution in [1.29, 1.82) is 0 Å². The van der Waals surface area contributed by atoms with E-state index in [-0.39, 0.29) is 21.7 Å². The first-order valence-corrected chi connectivity index (χ1v) is 13.0. The van der Waals surface area contributed by atoms with Gasteiger partial charge in [-0.3, -0.25) is 4.79 Å². The number of carbonyl (C=O) groups excluding carboxylic acids is 1. The molecule has 0 radical (unpaired) electrons. The monoisotopic (exact) mass is 438 g/mol. The van der Waals surface area contributed by atoms with E-state index in [1.807, 2.05) is 6.92 Å². The van der Waals surface area contributed by atoms with Crippen LogP contribution in [0.15, 0.2) is 12.1 Å². The summed E-state index contributed by atoms with van der Waals surface area (Å²) in [5.41, 5.74) is 1.19. The smallest absolute Gasteiger partial charge is 0.254 e. The van der Waals surface area contributed by atoms with E-state index in [9.17, 15) is 13.2 Å². The van der Waals surface area contributed by atoms with E-state index in [4.69, 9.17) is 11.6 Å². The number of rotatable bonds is 8. The Kier molecular flexibility index (Phi) is 5.95. The molecular weight excluding hydrogens is 408 g/mol. The Hall–Kier alpha value is -1.14. The normalized spacial score (nSPS) is 27.6. The fourth-order valence-corrected chi connectivity index (χ4v) is 7.26. The van der Waals surface area contributed by atoms with Gasteiger partial charge in [0.2, 0.25) is 0 Å². The van der Waals surface area contributed by atoms with Crippen LogP contribution in [0.25, 0.3) is 0 Å². The van der Waals surface area contributed by atoms with E-state index < -0.39 is 9.84 Å². The number of halogens is 1. The standard InChI is InChI=1S/C22H31ClN2O3S/c1-15-2-7-19(20(23)25-15)21(26)24-14-22(12-16-3-4-16)10-8-18(9-11-22)29(27,28)13-17-5-6-17/h2,7,16-18H,3-6,8-14H2,1H3,(H,24,26). The van der Waals surface area contributed by atoms with E-state index in [2.05, 4.69) is 10.3 Å². The minimum atomic E-state index is -2.98. The first-order valence-electron chi connectivity index (χ1n) is 10.9. The van der Waals surface area contributed by atoms with Gasteiger partial charge in [0.05, 0.1) is 16.6 Å². The summed E-state index contributed by atoms with van der Waals surface area (Å²) >= 11 is 6.15. The first kappa shape index (κ1) is 21.1. The number of hydrogen-bond donors (Lipinski definition) is 1. The number of nitrogens with zero attached hydrogens (tertiary/aromatic N) is 1. The van der Waals surface area contributed by atoms with Crippen LogP contribution in [-0.4, -0.2) is 36.9 Å². The lowest BCUT2D eigenvalue weighted by molar-refractivity contribution is 0.0895. The molecule has 0 atom stereocenters. The van der Waals surface area contributed by atoms with Gasteiger partial charge in [-0.1, -0.05) is 24.4 Å². The maximum Gasteiger partial charge on any atom is 0.254 e. The van der Waals surface area contributed by atoms with Crippen LogP contribution in [0.4, 0.5) is 0 Å². The molecule has 160 valence electrons. The van der Waals surface area contributed by atoms with Crippen LogP contribution in [0.3, 0.4) is 0 Å². The van der Waals surface area contributed by atoms with Crippen LogP contribution in [0.2, 0.25) is 5.15 Å². The summed E-state index contributed by atoms with van der Waals surface area (Å²) in [6.45, 7) is 2.43. The molecule has 1 aromatic rings. The number of nitrogens with one attached hydrogen (secondary N) is 1. The second kappa shape index (κ2) is 8.18. The first-order chi connectivity index (χ1) is 13.8. The zero-order chi connectivity index (χ0) is 20.6. The van der Waals surface area contributed by atoms with Crippen molar-refractivity contribution in [3.8, 4) is 0 Å². The Morgan fingerprint density at radius 3 is 2.38 bits per heavy atom. The largest absolute Gasteiger partial charge is 0.351 e. The molecule has 1 heterocycles. The van der Waals surface area contributed by atoms with Crippen molar-refractivity contribution >= 4 is 27.3 Å². The van der Waals surface area contributed by atoms with Crippen LogP contribution in [0, 0.1) is 24.2 Å². The van der Waals surface area contributed by atoms with Crippen molar-refractivity contribution in [3.05, 3.63) is 28.5 Å². The molecule has 3 saturated carbocycles. The number of aromatic nitrogens is 1. The summed E-state index contributed by atoms with van der Waals surface area (Å²) < 4.78 is 25.4. The van der Waals surface area contributed by atoms with Gasteiger partial charge in [-0.2, -0.15) is 0 Å². The van der Waals surface area contributed by atoms with Gasteiger partial charge in [-0.05, 0) is 81.3 Å². The van der Waals surface area contributed by atoms with Crippen LogP contribution in [-0.2, 0) is 9.84 Å². The fraction of sp³-hybridized carbons (Fsp3) is 0.727. The number of aryl methyl sites for hydroxylation is 1. The van der Waals surface area contributed by atoms with Crippen molar-refractivity contribution in [2.24, 2.45) is 17.3 Å². The molecule has 4 rings (SSSR count). The van der Waals surface area contributed by atoms with Crippen LogP contribution in [0.5, 0.6) is 0 Å². The summed E-state index contributed by atoms with van der Waals surface area (Å²) in [5, 5.41) is 3.12. The molecule has 29 heavy (non-hydrogen) atoms. The molecule has 0 aromatic carbocycles. The summed E-state index contributed by atoms with van der Waals surface area (Å²) in [6.07, 6.45) is 8.94. The molecule has 5 nitrogen and oxygen atoms in total. The maximum atomic E-state index is 12.7. The molecule has 3 aliphatic rings. The highest BCUT2D eigenvalue weighted by atomic mass is 35.5. The Morgan fingerprint density at radius 2 is 1.79 bits per heavy atom.